The molecule has 4 nitrogen and oxygen atoms in total. The molecule has 1 amide bonds. The third kappa shape index (κ3) is 4.46. The highest BCUT2D eigenvalue weighted by Crippen LogP contribution is 2.25. The van der Waals surface area contributed by atoms with Crippen LogP contribution in [0.4, 0.5) is 5.69 Å². The first-order valence-corrected chi connectivity index (χ1v) is 8.70. The largest absolute Gasteiger partial charge is 0.457 e. The number of nitrogens with zero attached hydrogens (tertiary/aromatic N) is 1. The zero-order valence-electron chi connectivity index (χ0n) is 14.9. The Hall–Kier alpha value is -3.29. The van der Waals surface area contributed by atoms with E-state index in [0.717, 1.165) is 16.7 Å². The van der Waals surface area contributed by atoms with Gasteiger partial charge in [0, 0.05) is 22.3 Å². The molecule has 0 aliphatic carbocycles. The van der Waals surface area contributed by atoms with Crippen LogP contribution < -0.4 is 5.32 Å². The van der Waals surface area contributed by atoms with E-state index in [0.29, 0.717) is 22.2 Å². The average molecular weight is 377 g/mol. The van der Waals surface area contributed by atoms with E-state index in [1.54, 1.807) is 30.3 Å². The smallest absolute Gasteiger partial charge is 0.266 e. The molecule has 0 saturated heterocycles. The van der Waals surface area contributed by atoms with Crippen LogP contribution in [0.25, 0.3) is 17.4 Å². The number of halogens is 1. The Morgan fingerprint density at radius 2 is 1.81 bits per heavy atom. The maximum Gasteiger partial charge on any atom is 0.266 e. The second-order valence-corrected chi connectivity index (χ2v) is 6.57. The molecule has 0 bridgehead atoms. The quantitative estimate of drug-likeness (QED) is 0.464. The molecule has 0 radical (unpaired) electrons. The zero-order chi connectivity index (χ0) is 19.4. The van der Waals surface area contributed by atoms with Gasteiger partial charge in [0.15, 0.2) is 0 Å². The van der Waals surface area contributed by atoms with Crippen molar-refractivity contribution in [3.8, 4) is 17.4 Å². The summed E-state index contributed by atoms with van der Waals surface area (Å²) in [5.74, 6) is 0.571. The van der Waals surface area contributed by atoms with Gasteiger partial charge in [-0.25, -0.2) is 0 Å². The van der Waals surface area contributed by atoms with Crippen LogP contribution in [0.2, 0.25) is 5.02 Å². The van der Waals surface area contributed by atoms with Gasteiger partial charge in [-0.1, -0.05) is 17.7 Å². The summed E-state index contributed by atoms with van der Waals surface area (Å²) >= 11 is 5.89. The van der Waals surface area contributed by atoms with Crippen LogP contribution in [-0.4, -0.2) is 5.91 Å². The van der Waals surface area contributed by atoms with E-state index in [-0.39, 0.29) is 5.57 Å². The Morgan fingerprint density at radius 1 is 1.07 bits per heavy atom. The van der Waals surface area contributed by atoms with E-state index in [1.165, 1.54) is 6.08 Å². The number of hydrogen-bond acceptors (Lipinski definition) is 3. The van der Waals surface area contributed by atoms with E-state index in [4.69, 9.17) is 16.0 Å². The van der Waals surface area contributed by atoms with Crippen LogP contribution in [0.1, 0.15) is 16.9 Å². The van der Waals surface area contributed by atoms with Gasteiger partial charge >= 0.3 is 0 Å². The normalized spacial score (nSPS) is 11.1. The Kier molecular flexibility index (Phi) is 5.44. The van der Waals surface area contributed by atoms with Crippen molar-refractivity contribution in [2.75, 3.05) is 5.32 Å². The van der Waals surface area contributed by atoms with Crippen molar-refractivity contribution < 1.29 is 9.21 Å². The summed E-state index contributed by atoms with van der Waals surface area (Å²) in [6, 6.07) is 18.2. The van der Waals surface area contributed by atoms with Gasteiger partial charge in [0.2, 0.25) is 0 Å². The third-order valence-electron chi connectivity index (χ3n) is 4.17. The molecule has 0 fully saturated rings. The first kappa shape index (κ1) is 18.5. The molecule has 0 saturated carbocycles. The van der Waals surface area contributed by atoms with Gasteiger partial charge in [0.25, 0.3) is 5.91 Å². The molecule has 1 aromatic heterocycles. The van der Waals surface area contributed by atoms with Crippen molar-refractivity contribution in [1.82, 2.24) is 0 Å². The number of anilines is 1. The molecule has 1 heterocycles. The molecule has 2 aromatic carbocycles. The Balaban J connectivity index is 1.79. The first-order chi connectivity index (χ1) is 13.0. The molecule has 0 aliphatic heterocycles. The van der Waals surface area contributed by atoms with Crippen LogP contribution in [0.5, 0.6) is 0 Å². The van der Waals surface area contributed by atoms with Crippen molar-refractivity contribution in [3.05, 3.63) is 82.1 Å². The highest BCUT2D eigenvalue weighted by atomic mass is 35.5. The summed E-state index contributed by atoms with van der Waals surface area (Å²) in [7, 11) is 0. The maximum atomic E-state index is 12.4. The molecular weight excluding hydrogens is 360 g/mol. The van der Waals surface area contributed by atoms with Gasteiger partial charge in [0.05, 0.1) is 0 Å². The monoisotopic (exact) mass is 376 g/mol. The summed E-state index contributed by atoms with van der Waals surface area (Å²) in [6.45, 7) is 3.96. The standard InChI is InChI=1S/C22H17ClN2O2/c1-14-3-8-19(11-15(14)2)25-22(26)17(13-24)12-20-9-10-21(27-20)16-4-6-18(23)7-5-16/h3-12H,1-2H3,(H,25,26)/b17-12+. The number of aryl methyl sites for hydroxylation is 2. The van der Waals surface area contributed by atoms with Crippen molar-refractivity contribution >= 4 is 29.3 Å². The maximum absolute atomic E-state index is 12.4. The molecule has 27 heavy (non-hydrogen) atoms. The number of benzene rings is 2. The van der Waals surface area contributed by atoms with E-state index >= 15 is 0 Å². The Morgan fingerprint density at radius 3 is 2.48 bits per heavy atom. The molecule has 0 aliphatic rings. The van der Waals surface area contributed by atoms with Crippen molar-refractivity contribution in [2.45, 2.75) is 13.8 Å². The molecule has 5 heteroatoms. The molecule has 134 valence electrons. The van der Waals surface area contributed by atoms with Crippen molar-refractivity contribution in [1.29, 1.82) is 5.26 Å². The summed E-state index contributed by atoms with van der Waals surface area (Å²) in [6.07, 6.45) is 1.43. The van der Waals surface area contributed by atoms with Crippen molar-refractivity contribution in [2.24, 2.45) is 0 Å². The number of furan rings is 1. The summed E-state index contributed by atoms with van der Waals surface area (Å²) in [5.41, 5.74) is 3.66. The Labute approximate surface area is 162 Å². The Bertz CT molecular complexity index is 1060. The fourth-order valence-corrected chi connectivity index (χ4v) is 2.63. The average Bonchev–Trinajstić information content (AvgIpc) is 3.12. The predicted octanol–water partition coefficient (Wildman–Crippen LogP) is 5.76. The second-order valence-electron chi connectivity index (χ2n) is 6.13. The fraction of sp³-hybridized carbons (Fsp3) is 0.0909. The molecule has 3 rings (SSSR count). The minimum absolute atomic E-state index is 0.0368. The molecule has 3 aromatic rings. The van der Waals surface area contributed by atoms with Crippen LogP contribution in [0.15, 0.2) is 64.6 Å². The summed E-state index contributed by atoms with van der Waals surface area (Å²) in [5, 5.41) is 12.7. The minimum atomic E-state index is -0.481. The third-order valence-corrected chi connectivity index (χ3v) is 4.42. The number of rotatable bonds is 4. The van der Waals surface area contributed by atoms with E-state index in [9.17, 15) is 10.1 Å². The van der Waals surface area contributed by atoms with E-state index in [1.807, 2.05) is 44.2 Å². The lowest BCUT2D eigenvalue weighted by atomic mass is 10.1. The fourth-order valence-electron chi connectivity index (χ4n) is 2.51. The molecule has 1 N–H and O–H groups in total. The van der Waals surface area contributed by atoms with Crippen LogP contribution >= 0.6 is 11.6 Å². The lowest BCUT2D eigenvalue weighted by Crippen LogP contribution is -2.13. The highest BCUT2D eigenvalue weighted by molar-refractivity contribution is 6.30. The number of nitrogens with one attached hydrogen (secondary N) is 1. The van der Waals surface area contributed by atoms with Gasteiger partial charge in [-0.3, -0.25) is 4.79 Å². The summed E-state index contributed by atoms with van der Waals surface area (Å²) < 4.78 is 5.73. The van der Waals surface area contributed by atoms with Gasteiger partial charge < -0.3 is 9.73 Å². The lowest BCUT2D eigenvalue weighted by Gasteiger charge is -2.06. The van der Waals surface area contributed by atoms with Gasteiger partial charge in [0.1, 0.15) is 23.2 Å². The van der Waals surface area contributed by atoms with Crippen LogP contribution in [0, 0.1) is 25.2 Å². The summed E-state index contributed by atoms with van der Waals surface area (Å²) in [4.78, 5) is 12.4. The predicted molar refractivity (Wildman–Crippen MR) is 107 cm³/mol. The first-order valence-electron chi connectivity index (χ1n) is 8.32. The lowest BCUT2D eigenvalue weighted by molar-refractivity contribution is -0.112. The van der Waals surface area contributed by atoms with Crippen LogP contribution in [0.3, 0.4) is 0 Å². The number of hydrogen-bond donors (Lipinski definition) is 1. The van der Waals surface area contributed by atoms with Crippen LogP contribution in [-0.2, 0) is 4.79 Å². The topological polar surface area (TPSA) is 66.0 Å². The number of amides is 1. The number of nitriles is 1. The van der Waals surface area contributed by atoms with Gasteiger partial charge in [-0.15, -0.1) is 0 Å². The van der Waals surface area contributed by atoms with Gasteiger partial charge in [-0.2, -0.15) is 5.26 Å². The van der Waals surface area contributed by atoms with Gasteiger partial charge in [-0.05, 0) is 73.5 Å². The van der Waals surface area contributed by atoms with E-state index in [2.05, 4.69) is 5.32 Å². The molecular formula is C22H17ClN2O2. The highest BCUT2D eigenvalue weighted by Gasteiger charge is 2.12. The molecule has 0 spiro atoms. The second kappa shape index (κ2) is 7.94. The van der Waals surface area contributed by atoms with E-state index < -0.39 is 5.91 Å². The minimum Gasteiger partial charge on any atom is -0.457 e. The van der Waals surface area contributed by atoms with Crippen molar-refractivity contribution in [3.63, 3.8) is 0 Å². The number of carbonyl (C=O) groups excluding carboxylic acids is 1. The SMILES string of the molecule is Cc1ccc(NC(=O)/C(C#N)=C/c2ccc(-c3ccc(Cl)cc3)o2)cc1C. The number of carbonyl (C=O) groups is 1. The zero-order valence-corrected chi connectivity index (χ0v) is 15.7. The molecule has 0 atom stereocenters. The molecule has 0 unspecified atom stereocenters.